The van der Waals surface area contributed by atoms with Gasteiger partial charge in [0.2, 0.25) is 0 Å². The third-order valence-corrected chi connectivity index (χ3v) is 6.29. The Bertz CT molecular complexity index is 713. The lowest BCUT2D eigenvalue weighted by atomic mass is 10.1. The number of hydrogen-bond acceptors (Lipinski definition) is 4. The first-order valence-corrected chi connectivity index (χ1v) is 9.11. The second kappa shape index (κ2) is 6.89. The number of nitrogens with one attached hydrogen (secondary N) is 2. The largest absolute Gasteiger partial charge is 0.315 e. The lowest BCUT2D eigenvalue weighted by molar-refractivity contribution is 0.569. The highest BCUT2D eigenvalue weighted by atomic mass is 35.5. The number of sulfonamides is 1. The maximum Gasteiger partial charge on any atom is 0.250 e. The molecule has 1 aromatic heterocycles. The summed E-state index contributed by atoms with van der Waals surface area (Å²) in [6, 6.07) is 10.3. The molecule has 0 aliphatic carbocycles. The van der Waals surface area contributed by atoms with E-state index in [9.17, 15) is 8.42 Å². The molecule has 0 amide bonds. The van der Waals surface area contributed by atoms with Gasteiger partial charge < -0.3 is 5.32 Å². The number of halogens is 1. The molecule has 21 heavy (non-hydrogen) atoms. The van der Waals surface area contributed by atoms with Gasteiger partial charge in [-0.05, 0) is 43.8 Å². The van der Waals surface area contributed by atoms with Gasteiger partial charge in [0.1, 0.15) is 4.21 Å². The van der Waals surface area contributed by atoms with Gasteiger partial charge in [-0.3, -0.25) is 0 Å². The van der Waals surface area contributed by atoms with Crippen molar-refractivity contribution in [2.24, 2.45) is 0 Å². The van der Waals surface area contributed by atoms with Gasteiger partial charge in [0.05, 0.1) is 0 Å². The van der Waals surface area contributed by atoms with Crippen LogP contribution in [0.1, 0.15) is 23.4 Å². The van der Waals surface area contributed by atoms with Crippen LogP contribution in [-0.4, -0.2) is 15.5 Å². The standard InChI is InChI=1S/C14H17ClN2O2S2/c1-10(11-4-3-5-12(15)8-11)17-21(18,19)14-7-6-13(20-14)9-16-2/h3-8,10,16-17H,9H2,1-2H3. The van der Waals surface area contributed by atoms with Crippen molar-refractivity contribution in [2.75, 3.05) is 7.05 Å². The van der Waals surface area contributed by atoms with E-state index in [1.807, 2.05) is 19.2 Å². The van der Waals surface area contributed by atoms with Crippen molar-refractivity contribution < 1.29 is 8.42 Å². The van der Waals surface area contributed by atoms with Crippen molar-refractivity contribution in [1.29, 1.82) is 0 Å². The molecular weight excluding hydrogens is 328 g/mol. The first-order valence-electron chi connectivity index (χ1n) is 6.43. The molecule has 0 saturated heterocycles. The van der Waals surface area contributed by atoms with E-state index < -0.39 is 10.0 Å². The predicted molar refractivity (Wildman–Crippen MR) is 87.3 cm³/mol. The first kappa shape index (κ1) is 16.5. The van der Waals surface area contributed by atoms with Gasteiger partial charge in [0, 0.05) is 22.5 Å². The topological polar surface area (TPSA) is 58.2 Å². The summed E-state index contributed by atoms with van der Waals surface area (Å²) in [6.45, 7) is 2.45. The van der Waals surface area contributed by atoms with Crippen LogP contribution in [-0.2, 0) is 16.6 Å². The average Bonchev–Trinajstić information content (AvgIpc) is 2.88. The van der Waals surface area contributed by atoms with Crippen LogP contribution in [0, 0.1) is 0 Å². The van der Waals surface area contributed by atoms with Crippen molar-refractivity contribution in [3.8, 4) is 0 Å². The minimum atomic E-state index is -3.52. The zero-order chi connectivity index (χ0) is 15.5. The third-order valence-electron chi connectivity index (χ3n) is 2.93. The fourth-order valence-corrected chi connectivity index (χ4v) is 4.72. The summed E-state index contributed by atoms with van der Waals surface area (Å²) >= 11 is 7.20. The van der Waals surface area contributed by atoms with Crippen molar-refractivity contribution >= 4 is 33.0 Å². The van der Waals surface area contributed by atoms with Crippen LogP contribution in [0.4, 0.5) is 0 Å². The van der Waals surface area contributed by atoms with Gasteiger partial charge in [-0.25, -0.2) is 13.1 Å². The van der Waals surface area contributed by atoms with Gasteiger partial charge in [-0.2, -0.15) is 0 Å². The molecule has 7 heteroatoms. The van der Waals surface area contributed by atoms with Crippen molar-refractivity contribution in [3.05, 3.63) is 51.9 Å². The van der Waals surface area contributed by atoms with Crippen molar-refractivity contribution in [2.45, 2.75) is 23.7 Å². The van der Waals surface area contributed by atoms with Crippen LogP contribution in [0.3, 0.4) is 0 Å². The van der Waals surface area contributed by atoms with Crippen LogP contribution in [0.25, 0.3) is 0 Å². The van der Waals surface area contributed by atoms with Crippen LogP contribution in [0.5, 0.6) is 0 Å². The minimum Gasteiger partial charge on any atom is -0.315 e. The molecule has 2 aromatic rings. The van der Waals surface area contributed by atoms with E-state index in [2.05, 4.69) is 10.0 Å². The van der Waals surface area contributed by atoms with Crippen LogP contribution < -0.4 is 10.0 Å². The molecule has 0 aliphatic heterocycles. The molecule has 2 N–H and O–H groups in total. The lowest BCUT2D eigenvalue weighted by Crippen LogP contribution is -2.26. The Kier molecular flexibility index (Phi) is 5.40. The normalized spacial score (nSPS) is 13.3. The summed E-state index contributed by atoms with van der Waals surface area (Å²) < 4.78 is 27.7. The molecule has 2 rings (SSSR count). The molecule has 0 fully saturated rings. The molecule has 1 atom stereocenters. The molecule has 1 aromatic carbocycles. The zero-order valence-electron chi connectivity index (χ0n) is 11.8. The summed E-state index contributed by atoms with van der Waals surface area (Å²) in [6.07, 6.45) is 0. The highest BCUT2D eigenvalue weighted by molar-refractivity contribution is 7.91. The molecule has 1 unspecified atom stereocenters. The van der Waals surface area contributed by atoms with Crippen LogP contribution in [0.15, 0.2) is 40.6 Å². The Morgan fingerprint density at radius 2 is 2.05 bits per heavy atom. The Morgan fingerprint density at radius 3 is 2.71 bits per heavy atom. The molecule has 0 saturated carbocycles. The van der Waals surface area contributed by atoms with E-state index in [0.29, 0.717) is 15.8 Å². The Labute approximate surface area is 134 Å². The van der Waals surface area contributed by atoms with E-state index in [1.54, 1.807) is 31.2 Å². The summed E-state index contributed by atoms with van der Waals surface area (Å²) in [7, 11) is -1.69. The molecule has 0 radical (unpaired) electrons. The van der Waals surface area contributed by atoms with Gasteiger partial charge in [0.25, 0.3) is 10.0 Å². The number of thiophene rings is 1. The smallest absolute Gasteiger partial charge is 0.250 e. The van der Waals surface area contributed by atoms with E-state index in [-0.39, 0.29) is 6.04 Å². The lowest BCUT2D eigenvalue weighted by Gasteiger charge is -2.14. The van der Waals surface area contributed by atoms with Gasteiger partial charge in [-0.1, -0.05) is 23.7 Å². The highest BCUT2D eigenvalue weighted by Crippen LogP contribution is 2.24. The fraction of sp³-hybridized carbons (Fsp3) is 0.286. The third kappa shape index (κ3) is 4.28. The van der Waals surface area contributed by atoms with E-state index in [4.69, 9.17) is 11.6 Å². The molecule has 114 valence electrons. The number of rotatable bonds is 6. The quantitative estimate of drug-likeness (QED) is 0.846. The van der Waals surface area contributed by atoms with E-state index >= 15 is 0 Å². The highest BCUT2D eigenvalue weighted by Gasteiger charge is 2.20. The number of benzene rings is 1. The summed E-state index contributed by atoms with van der Waals surface area (Å²) in [5.74, 6) is 0. The molecule has 0 bridgehead atoms. The van der Waals surface area contributed by atoms with Gasteiger partial charge >= 0.3 is 0 Å². The van der Waals surface area contributed by atoms with Gasteiger partial charge in [0.15, 0.2) is 0 Å². The van der Waals surface area contributed by atoms with Crippen molar-refractivity contribution in [3.63, 3.8) is 0 Å². The van der Waals surface area contributed by atoms with Gasteiger partial charge in [-0.15, -0.1) is 11.3 Å². The Hall–Kier alpha value is -0.920. The monoisotopic (exact) mass is 344 g/mol. The summed E-state index contributed by atoms with van der Waals surface area (Å²) in [5, 5.41) is 3.59. The maximum absolute atomic E-state index is 12.4. The number of hydrogen-bond donors (Lipinski definition) is 2. The first-order chi connectivity index (χ1) is 9.92. The molecule has 0 aliphatic rings. The minimum absolute atomic E-state index is 0.321. The predicted octanol–water partition coefficient (Wildman–Crippen LogP) is 3.16. The second-order valence-electron chi connectivity index (χ2n) is 4.65. The van der Waals surface area contributed by atoms with Crippen molar-refractivity contribution in [1.82, 2.24) is 10.0 Å². The van der Waals surface area contributed by atoms with E-state index in [0.717, 1.165) is 10.4 Å². The summed E-state index contributed by atoms with van der Waals surface area (Å²) in [5.41, 5.74) is 0.832. The van der Waals surface area contributed by atoms with Crippen LogP contribution >= 0.6 is 22.9 Å². The zero-order valence-corrected chi connectivity index (χ0v) is 14.1. The maximum atomic E-state index is 12.4. The summed E-state index contributed by atoms with van der Waals surface area (Å²) in [4.78, 5) is 0.980. The fourth-order valence-electron chi connectivity index (χ4n) is 1.91. The molecule has 4 nitrogen and oxygen atoms in total. The van der Waals surface area contributed by atoms with E-state index in [1.165, 1.54) is 11.3 Å². The SMILES string of the molecule is CNCc1ccc(S(=O)(=O)NC(C)c2cccc(Cl)c2)s1. The van der Waals surface area contributed by atoms with Crippen LogP contribution in [0.2, 0.25) is 5.02 Å². The molecule has 0 spiro atoms. The Balaban J connectivity index is 2.16. The second-order valence-corrected chi connectivity index (χ2v) is 8.19. The Morgan fingerprint density at radius 1 is 1.29 bits per heavy atom. The average molecular weight is 345 g/mol. The molecular formula is C14H17ClN2O2S2. The molecule has 1 heterocycles.